The monoisotopic (exact) mass is 262 g/mol. The highest BCUT2D eigenvalue weighted by atomic mass is 32.2. The molecule has 0 unspecified atom stereocenters. The molecule has 0 spiro atoms. The average molecular weight is 262 g/mol. The van der Waals surface area contributed by atoms with E-state index in [1.54, 1.807) is 56.6 Å². The molecule has 4 nitrogen and oxygen atoms in total. The fraction of sp³-hybridized carbons (Fsp3) is 0.231. The van der Waals surface area contributed by atoms with Crippen molar-refractivity contribution >= 4 is 9.84 Å². The number of sulfone groups is 1. The molecule has 0 aliphatic rings. The molecule has 1 heterocycles. The summed E-state index contributed by atoms with van der Waals surface area (Å²) in [5, 5.41) is -0.470. The highest BCUT2D eigenvalue weighted by molar-refractivity contribution is 7.92. The second kappa shape index (κ2) is 4.86. The van der Waals surface area contributed by atoms with E-state index in [9.17, 15) is 8.42 Å². The summed E-state index contributed by atoms with van der Waals surface area (Å²) in [5.41, 5.74) is 0.548. The molecule has 0 saturated carbocycles. The molecule has 2 rings (SSSR count). The van der Waals surface area contributed by atoms with Gasteiger partial charge >= 0.3 is 0 Å². The van der Waals surface area contributed by atoms with Crippen molar-refractivity contribution < 1.29 is 8.42 Å². The van der Waals surface area contributed by atoms with Crippen LogP contribution in [0.3, 0.4) is 0 Å². The van der Waals surface area contributed by atoms with Gasteiger partial charge in [-0.25, -0.2) is 18.4 Å². The summed E-state index contributed by atoms with van der Waals surface area (Å²) in [6.07, 6.45) is 3.20. The van der Waals surface area contributed by atoms with Gasteiger partial charge < -0.3 is 0 Å². The lowest BCUT2D eigenvalue weighted by molar-refractivity contribution is 0.587. The fourth-order valence-electron chi connectivity index (χ4n) is 1.59. The second-order valence-corrected chi connectivity index (χ2v) is 6.63. The van der Waals surface area contributed by atoms with Crippen molar-refractivity contribution in [3.63, 3.8) is 0 Å². The third-order valence-electron chi connectivity index (χ3n) is 2.62. The van der Waals surface area contributed by atoms with Crippen molar-refractivity contribution in [2.24, 2.45) is 0 Å². The van der Waals surface area contributed by atoms with E-state index >= 15 is 0 Å². The molecular formula is C13H14N2O2S. The van der Waals surface area contributed by atoms with Crippen LogP contribution < -0.4 is 0 Å². The maximum Gasteiger partial charge on any atom is 0.181 e. The molecule has 0 fully saturated rings. The summed E-state index contributed by atoms with van der Waals surface area (Å²) < 4.78 is 24.5. The Morgan fingerprint density at radius 1 is 1.00 bits per heavy atom. The van der Waals surface area contributed by atoms with Crippen LogP contribution in [0.5, 0.6) is 0 Å². The predicted octanol–water partition coefficient (Wildman–Crippen LogP) is 2.33. The molecule has 0 aliphatic carbocycles. The molecule has 0 N–H and O–H groups in total. The molecule has 0 saturated heterocycles. The molecular weight excluding hydrogens is 248 g/mol. The number of rotatable bonds is 3. The zero-order valence-electron chi connectivity index (χ0n) is 10.2. The van der Waals surface area contributed by atoms with E-state index in [0.717, 1.165) is 0 Å². The molecule has 94 valence electrons. The van der Waals surface area contributed by atoms with E-state index in [4.69, 9.17) is 0 Å². The average Bonchev–Trinajstić information content (AvgIpc) is 2.39. The smallest absolute Gasteiger partial charge is 0.181 e. The van der Waals surface area contributed by atoms with Crippen LogP contribution in [0.15, 0.2) is 47.6 Å². The molecule has 0 atom stereocenters. The second-order valence-electron chi connectivity index (χ2n) is 4.16. The van der Waals surface area contributed by atoms with Crippen LogP contribution in [-0.4, -0.2) is 23.6 Å². The maximum atomic E-state index is 12.3. The Balaban J connectivity index is 2.65. The van der Waals surface area contributed by atoms with Crippen molar-refractivity contribution in [3.8, 4) is 11.4 Å². The summed E-state index contributed by atoms with van der Waals surface area (Å²) in [5.74, 6) is 0.428. The summed E-state index contributed by atoms with van der Waals surface area (Å²) in [4.78, 5) is 8.50. The molecule has 5 heteroatoms. The van der Waals surface area contributed by atoms with Gasteiger partial charge in [0, 0.05) is 18.0 Å². The number of hydrogen-bond acceptors (Lipinski definition) is 4. The zero-order chi connectivity index (χ0) is 13.2. The SMILES string of the molecule is CC(C)S(=O)(=O)c1ccccc1-c1ncccn1. The van der Waals surface area contributed by atoms with E-state index in [0.29, 0.717) is 11.4 Å². The Morgan fingerprint density at radius 3 is 2.22 bits per heavy atom. The van der Waals surface area contributed by atoms with Gasteiger partial charge in [0.15, 0.2) is 15.7 Å². The Labute approximate surface area is 107 Å². The summed E-state index contributed by atoms with van der Waals surface area (Å²) >= 11 is 0. The first-order chi connectivity index (χ1) is 8.53. The first-order valence-electron chi connectivity index (χ1n) is 5.64. The maximum absolute atomic E-state index is 12.3. The quantitative estimate of drug-likeness (QED) is 0.851. The highest BCUT2D eigenvalue weighted by Gasteiger charge is 2.23. The van der Waals surface area contributed by atoms with Gasteiger partial charge in [-0.2, -0.15) is 0 Å². The number of nitrogens with zero attached hydrogens (tertiary/aromatic N) is 2. The van der Waals surface area contributed by atoms with Crippen LogP contribution in [0, 0.1) is 0 Å². The van der Waals surface area contributed by atoms with Crippen molar-refractivity contribution in [2.75, 3.05) is 0 Å². The van der Waals surface area contributed by atoms with Gasteiger partial charge in [-0.3, -0.25) is 0 Å². The summed E-state index contributed by atoms with van der Waals surface area (Å²) in [7, 11) is -3.34. The third kappa shape index (κ3) is 2.26. The van der Waals surface area contributed by atoms with Gasteiger partial charge in [0.05, 0.1) is 10.1 Å². The largest absolute Gasteiger partial charge is 0.237 e. The highest BCUT2D eigenvalue weighted by Crippen LogP contribution is 2.26. The Hall–Kier alpha value is -1.75. The van der Waals surface area contributed by atoms with E-state index in [1.807, 2.05) is 0 Å². The molecule has 0 radical (unpaired) electrons. The molecule has 1 aromatic carbocycles. The zero-order valence-corrected chi connectivity index (χ0v) is 11.1. The van der Waals surface area contributed by atoms with Crippen LogP contribution >= 0.6 is 0 Å². The Morgan fingerprint density at radius 2 is 1.61 bits per heavy atom. The normalized spacial score (nSPS) is 11.7. The van der Waals surface area contributed by atoms with Gasteiger partial charge in [0.25, 0.3) is 0 Å². The van der Waals surface area contributed by atoms with Crippen molar-refractivity contribution in [1.82, 2.24) is 9.97 Å². The Kier molecular flexibility index (Phi) is 3.43. The summed E-state index contributed by atoms with van der Waals surface area (Å²) in [6.45, 7) is 3.33. The van der Waals surface area contributed by atoms with E-state index in [1.165, 1.54) is 0 Å². The Bertz CT molecular complexity index is 637. The van der Waals surface area contributed by atoms with Crippen LogP contribution in [-0.2, 0) is 9.84 Å². The van der Waals surface area contributed by atoms with E-state index in [-0.39, 0.29) is 4.90 Å². The van der Waals surface area contributed by atoms with Gasteiger partial charge in [0.2, 0.25) is 0 Å². The lowest BCUT2D eigenvalue weighted by Crippen LogP contribution is -2.15. The van der Waals surface area contributed by atoms with Gasteiger partial charge in [0.1, 0.15) is 0 Å². The number of hydrogen-bond donors (Lipinski definition) is 0. The van der Waals surface area contributed by atoms with E-state index in [2.05, 4.69) is 9.97 Å². The number of aromatic nitrogens is 2. The fourth-order valence-corrected chi connectivity index (χ4v) is 2.83. The summed E-state index contributed by atoms with van der Waals surface area (Å²) in [6, 6.07) is 8.52. The minimum absolute atomic E-state index is 0.284. The molecule has 0 aliphatic heterocycles. The first kappa shape index (κ1) is 12.7. The predicted molar refractivity (Wildman–Crippen MR) is 69.8 cm³/mol. The van der Waals surface area contributed by atoms with Gasteiger partial charge in [-0.05, 0) is 32.0 Å². The van der Waals surface area contributed by atoms with Crippen LogP contribution in [0.4, 0.5) is 0 Å². The molecule has 18 heavy (non-hydrogen) atoms. The minimum Gasteiger partial charge on any atom is -0.237 e. The molecule has 2 aromatic rings. The van der Waals surface area contributed by atoms with Gasteiger partial charge in [-0.15, -0.1) is 0 Å². The molecule has 0 bridgehead atoms. The third-order valence-corrected chi connectivity index (χ3v) is 4.83. The van der Waals surface area contributed by atoms with Crippen LogP contribution in [0.25, 0.3) is 11.4 Å². The van der Waals surface area contributed by atoms with Gasteiger partial charge in [-0.1, -0.05) is 12.1 Å². The topological polar surface area (TPSA) is 59.9 Å². The molecule has 0 amide bonds. The number of benzene rings is 1. The molecule has 1 aromatic heterocycles. The first-order valence-corrected chi connectivity index (χ1v) is 7.18. The lowest BCUT2D eigenvalue weighted by Gasteiger charge is -2.11. The van der Waals surface area contributed by atoms with Crippen LogP contribution in [0.1, 0.15) is 13.8 Å². The van der Waals surface area contributed by atoms with E-state index < -0.39 is 15.1 Å². The standard InChI is InChI=1S/C13H14N2O2S/c1-10(2)18(16,17)12-7-4-3-6-11(12)13-14-8-5-9-15-13/h3-10H,1-2H3. The van der Waals surface area contributed by atoms with Crippen molar-refractivity contribution in [2.45, 2.75) is 24.0 Å². The van der Waals surface area contributed by atoms with Crippen molar-refractivity contribution in [1.29, 1.82) is 0 Å². The van der Waals surface area contributed by atoms with Crippen LogP contribution in [0.2, 0.25) is 0 Å². The lowest BCUT2D eigenvalue weighted by atomic mass is 10.2. The minimum atomic E-state index is -3.34. The van der Waals surface area contributed by atoms with Crippen molar-refractivity contribution in [3.05, 3.63) is 42.7 Å².